The number of rotatable bonds is 4. The Morgan fingerprint density at radius 1 is 1.38 bits per heavy atom. The first-order valence-electron chi connectivity index (χ1n) is 4.77. The molecule has 13 heavy (non-hydrogen) atoms. The third-order valence-corrected chi connectivity index (χ3v) is 3.27. The van der Waals surface area contributed by atoms with Gasteiger partial charge in [0.05, 0.1) is 5.75 Å². The highest BCUT2D eigenvalue weighted by Gasteiger charge is 2.29. The lowest BCUT2D eigenvalue weighted by atomic mass is 10.0. The van der Waals surface area contributed by atoms with E-state index in [2.05, 4.69) is 18.7 Å². The van der Waals surface area contributed by atoms with Crippen LogP contribution in [0, 0.1) is 11.8 Å². The second-order valence-corrected chi connectivity index (χ2v) is 6.76. The van der Waals surface area contributed by atoms with Crippen molar-refractivity contribution in [3.63, 3.8) is 0 Å². The zero-order valence-corrected chi connectivity index (χ0v) is 9.47. The Kier molecular flexibility index (Phi) is 3.35. The number of sulfone groups is 1. The second kappa shape index (κ2) is 3.96. The molecule has 1 heterocycles. The maximum Gasteiger partial charge on any atom is 0.147 e. The molecule has 0 amide bonds. The van der Waals surface area contributed by atoms with Crippen LogP contribution in [0.15, 0.2) is 0 Å². The molecule has 1 aliphatic rings. The third kappa shape index (κ3) is 4.09. The Hall–Kier alpha value is -0.0900. The topological polar surface area (TPSA) is 37.4 Å². The van der Waals surface area contributed by atoms with Crippen LogP contribution >= 0.6 is 0 Å². The molecule has 0 radical (unpaired) electrons. The molecule has 0 saturated carbocycles. The van der Waals surface area contributed by atoms with Crippen LogP contribution in [0.4, 0.5) is 0 Å². The molecule has 0 aromatic rings. The largest absolute Gasteiger partial charge is 0.302 e. The van der Waals surface area contributed by atoms with Crippen LogP contribution in [0.5, 0.6) is 0 Å². The van der Waals surface area contributed by atoms with E-state index in [1.54, 1.807) is 0 Å². The van der Waals surface area contributed by atoms with Gasteiger partial charge < -0.3 is 4.90 Å². The van der Waals surface area contributed by atoms with E-state index in [0.29, 0.717) is 17.6 Å². The van der Waals surface area contributed by atoms with Crippen LogP contribution in [0.1, 0.15) is 13.8 Å². The van der Waals surface area contributed by atoms with Gasteiger partial charge in [0.1, 0.15) is 9.84 Å². The molecular weight excluding hydrogens is 186 g/mol. The summed E-state index contributed by atoms with van der Waals surface area (Å²) >= 11 is 0. The molecule has 1 aliphatic heterocycles. The zero-order chi connectivity index (χ0) is 10.1. The SMILES string of the molecule is CC(C)CN1CC(CS(C)(=O)=O)C1. The molecule has 3 nitrogen and oxygen atoms in total. The van der Waals surface area contributed by atoms with Crippen LogP contribution in [-0.4, -0.2) is 45.0 Å². The summed E-state index contributed by atoms with van der Waals surface area (Å²) < 4.78 is 21.9. The van der Waals surface area contributed by atoms with E-state index in [9.17, 15) is 8.42 Å². The molecule has 1 rings (SSSR count). The summed E-state index contributed by atoms with van der Waals surface area (Å²) in [6.07, 6.45) is 1.32. The molecule has 0 aliphatic carbocycles. The van der Waals surface area contributed by atoms with Crippen LogP contribution < -0.4 is 0 Å². The quantitative estimate of drug-likeness (QED) is 0.675. The summed E-state index contributed by atoms with van der Waals surface area (Å²) in [6, 6.07) is 0. The predicted octanol–water partition coefficient (Wildman–Crippen LogP) is 0.619. The highest BCUT2D eigenvalue weighted by atomic mass is 32.2. The van der Waals surface area contributed by atoms with Gasteiger partial charge in [-0.1, -0.05) is 13.8 Å². The summed E-state index contributed by atoms with van der Waals surface area (Å²) in [4.78, 5) is 2.32. The second-order valence-electron chi connectivity index (χ2n) is 4.57. The smallest absolute Gasteiger partial charge is 0.147 e. The number of hydrogen-bond donors (Lipinski definition) is 0. The van der Waals surface area contributed by atoms with E-state index < -0.39 is 9.84 Å². The normalized spacial score (nSPS) is 20.6. The first-order chi connectivity index (χ1) is 5.87. The highest BCUT2D eigenvalue weighted by Crippen LogP contribution is 2.18. The van der Waals surface area contributed by atoms with E-state index in [4.69, 9.17) is 0 Å². The van der Waals surface area contributed by atoms with Gasteiger partial charge in [-0.25, -0.2) is 8.42 Å². The Morgan fingerprint density at radius 3 is 2.31 bits per heavy atom. The minimum atomic E-state index is -2.76. The van der Waals surface area contributed by atoms with E-state index in [1.807, 2.05) is 0 Å². The average molecular weight is 205 g/mol. The van der Waals surface area contributed by atoms with Crippen molar-refractivity contribution >= 4 is 9.84 Å². The van der Waals surface area contributed by atoms with Gasteiger partial charge >= 0.3 is 0 Å². The first-order valence-corrected chi connectivity index (χ1v) is 6.83. The predicted molar refractivity (Wildman–Crippen MR) is 54.5 cm³/mol. The molecule has 4 heteroatoms. The van der Waals surface area contributed by atoms with Gasteiger partial charge in [0, 0.05) is 25.9 Å². The fourth-order valence-electron chi connectivity index (χ4n) is 1.88. The molecule has 0 bridgehead atoms. The summed E-state index contributed by atoms with van der Waals surface area (Å²) in [5.41, 5.74) is 0. The minimum absolute atomic E-state index is 0.363. The Bertz CT molecular complexity index is 253. The van der Waals surface area contributed by atoms with Crippen molar-refractivity contribution in [2.45, 2.75) is 13.8 Å². The van der Waals surface area contributed by atoms with Crippen LogP contribution in [0.25, 0.3) is 0 Å². The summed E-state index contributed by atoms with van der Waals surface area (Å²) in [5, 5.41) is 0. The summed E-state index contributed by atoms with van der Waals surface area (Å²) in [6.45, 7) is 7.39. The molecule has 0 unspecified atom stereocenters. The molecule has 0 aromatic heterocycles. The number of hydrogen-bond acceptors (Lipinski definition) is 3. The van der Waals surface area contributed by atoms with Crippen LogP contribution in [0.3, 0.4) is 0 Å². The lowest BCUT2D eigenvalue weighted by molar-refractivity contribution is 0.100. The maximum absolute atomic E-state index is 10.9. The lowest BCUT2D eigenvalue weighted by Crippen LogP contribution is -2.50. The highest BCUT2D eigenvalue weighted by molar-refractivity contribution is 7.90. The van der Waals surface area contributed by atoms with Crippen LogP contribution in [0.2, 0.25) is 0 Å². The lowest BCUT2D eigenvalue weighted by Gasteiger charge is -2.39. The van der Waals surface area contributed by atoms with Crippen molar-refractivity contribution in [2.24, 2.45) is 11.8 Å². The van der Waals surface area contributed by atoms with E-state index in [0.717, 1.165) is 19.6 Å². The van der Waals surface area contributed by atoms with Crippen molar-refractivity contribution in [1.29, 1.82) is 0 Å². The monoisotopic (exact) mass is 205 g/mol. The fourth-order valence-corrected chi connectivity index (χ4v) is 2.94. The van der Waals surface area contributed by atoms with Crippen molar-refractivity contribution in [3.8, 4) is 0 Å². The van der Waals surface area contributed by atoms with Gasteiger partial charge in [-0.2, -0.15) is 0 Å². The van der Waals surface area contributed by atoms with Gasteiger partial charge in [0.2, 0.25) is 0 Å². The van der Waals surface area contributed by atoms with E-state index >= 15 is 0 Å². The van der Waals surface area contributed by atoms with Crippen molar-refractivity contribution in [3.05, 3.63) is 0 Å². The molecule has 78 valence electrons. The van der Waals surface area contributed by atoms with Crippen molar-refractivity contribution in [2.75, 3.05) is 31.6 Å². The number of nitrogens with zero attached hydrogens (tertiary/aromatic N) is 1. The molecular formula is C9H19NO2S. The van der Waals surface area contributed by atoms with Crippen molar-refractivity contribution < 1.29 is 8.42 Å². The first kappa shape index (κ1) is 11.0. The van der Waals surface area contributed by atoms with E-state index in [-0.39, 0.29) is 0 Å². The molecule has 0 atom stereocenters. The van der Waals surface area contributed by atoms with Gasteiger partial charge in [-0.15, -0.1) is 0 Å². The Morgan fingerprint density at radius 2 is 1.92 bits per heavy atom. The molecule has 0 spiro atoms. The van der Waals surface area contributed by atoms with Gasteiger partial charge in [0.15, 0.2) is 0 Å². The van der Waals surface area contributed by atoms with Crippen LogP contribution in [-0.2, 0) is 9.84 Å². The Balaban J connectivity index is 2.19. The molecule has 1 fully saturated rings. The van der Waals surface area contributed by atoms with Gasteiger partial charge in [-0.05, 0) is 11.8 Å². The standard InChI is InChI=1S/C9H19NO2S/c1-8(2)4-10-5-9(6-10)7-13(3,11)12/h8-9H,4-7H2,1-3H3. The molecule has 0 N–H and O–H groups in total. The minimum Gasteiger partial charge on any atom is -0.302 e. The van der Waals surface area contributed by atoms with Gasteiger partial charge in [0.25, 0.3) is 0 Å². The zero-order valence-electron chi connectivity index (χ0n) is 8.66. The maximum atomic E-state index is 10.9. The molecule has 1 saturated heterocycles. The third-order valence-electron chi connectivity index (χ3n) is 2.19. The Labute approximate surface area is 81.0 Å². The summed E-state index contributed by atoms with van der Waals surface area (Å²) in [7, 11) is -2.76. The summed E-state index contributed by atoms with van der Waals surface area (Å²) in [5.74, 6) is 1.43. The van der Waals surface area contributed by atoms with Crippen molar-refractivity contribution in [1.82, 2.24) is 4.90 Å². The average Bonchev–Trinajstić information content (AvgIpc) is 1.78. The van der Waals surface area contributed by atoms with E-state index in [1.165, 1.54) is 6.26 Å². The molecule has 0 aromatic carbocycles. The number of likely N-dealkylation sites (tertiary alicyclic amines) is 1. The fraction of sp³-hybridized carbons (Fsp3) is 1.00. The van der Waals surface area contributed by atoms with Gasteiger partial charge in [-0.3, -0.25) is 0 Å².